The molecule has 4 rings (SSSR count). The zero-order valence-electron chi connectivity index (χ0n) is 16.8. The summed E-state index contributed by atoms with van der Waals surface area (Å²) in [5.74, 6) is -0.0480. The lowest BCUT2D eigenvalue weighted by atomic mass is 10.2. The third kappa shape index (κ3) is 5.16. The number of nitrogens with one attached hydrogen (secondary N) is 2. The van der Waals surface area contributed by atoms with Crippen LogP contribution in [-0.4, -0.2) is 39.7 Å². The van der Waals surface area contributed by atoms with Gasteiger partial charge in [-0.15, -0.1) is 0 Å². The van der Waals surface area contributed by atoms with Gasteiger partial charge in [0.15, 0.2) is 0 Å². The highest BCUT2D eigenvalue weighted by Crippen LogP contribution is 2.28. The number of nitrogens with zero attached hydrogens (tertiary/aromatic N) is 3. The van der Waals surface area contributed by atoms with Crippen LogP contribution >= 0.6 is 0 Å². The number of amides is 3. The van der Waals surface area contributed by atoms with Crippen molar-refractivity contribution in [2.24, 2.45) is 0 Å². The molecule has 0 unspecified atom stereocenters. The van der Waals surface area contributed by atoms with E-state index in [-0.39, 0.29) is 18.4 Å². The van der Waals surface area contributed by atoms with Crippen molar-refractivity contribution in [2.75, 3.05) is 18.4 Å². The summed E-state index contributed by atoms with van der Waals surface area (Å²) in [5, 5.41) is 10.5. The van der Waals surface area contributed by atoms with Crippen molar-refractivity contribution in [3.63, 3.8) is 0 Å². The lowest BCUT2D eigenvalue weighted by molar-refractivity contribution is -0.120. The van der Waals surface area contributed by atoms with Crippen molar-refractivity contribution in [3.8, 4) is 0 Å². The molecule has 1 aliphatic carbocycles. The molecule has 0 spiro atoms. The Hall–Kier alpha value is -2.83. The molecule has 1 saturated carbocycles. The van der Waals surface area contributed by atoms with Crippen molar-refractivity contribution in [2.45, 2.75) is 57.5 Å². The summed E-state index contributed by atoms with van der Waals surface area (Å²) in [6.45, 7) is 2.06. The van der Waals surface area contributed by atoms with Gasteiger partial charge in [0.2, 0.25) is 5.91 Å². The zero-order chi connectivity index (χ0) is 20.1. The highest BCUT2D eigenvalue weighted by atomic mass is 16.2. The number of urea groups is 1. The van der Waals surface area contributed by atoms with Gasteiger partial charge in [-0.1, -0.05) is 25.0 Å². The van der Waals surface area contributed by atoms with Gasteiger partial charge in [0, 0.05) is 31.5 Å². The number of likely N-dealkylation sites (tertiary alicyclic amines) is 1. The second-order valence-electron chi connectivity index (χ2n) is 8.00. The molecular formula is C22H29N5O2. The molecule has 154 valence electrons. The van der Waals surface area contributed by atoms with Crippen LogP contribution in [0.25, 0.3) is 0 Å². The van der Waals surface area contributed by atoms with Crippen molar-refractivity contribution in [1.29, 1.82) is 0 Å². The lowest BCUT2D eigenvalue weighted by Crippen LogP contribution is -2.32. The quantitative estimate of drug-likeness (QED) is 0.786. The molecule has 2 aliphatic rings. The fraction of sp³-hybridized carbons (Fsp3) is 0.500. The maximum atomic E-state index is 12.3. The van der Waals surface area contributed by atoms with Crippen LogP contribution in [0.1, 0.15) is 55.8 Å². The number of hydrogen-bond donors (Lipinski definition) is 2. The van der Waals surface area contributed by atoms with E-state index < -0.39 is 0 Å². The predicted molar refractivity (Wildman–Crippen MR) is 112 cm³/mol. The minimum atomic E-state index is -0.0541. The van der Waals surface area contributed by atoms with Crippen LogP contribution in [0.3, 0.4) is 0 Å². The van der Waals surface area contributed by atoms with E-state index in [2.05, 4.69) is 15.7 Å². The Labute approximate surface area is 171 Å². The van der Waals surface area contributed by atoms with Gasteiger partial charge in [0.05, 0.1) is 18.2 Å². The zero-order valence-corrected chi connectivity index (χ0v) is 16.8. The van der Waals surface area contributed by atoms with Crippen molar-refractivity contribution >= 4 is 17.6 Å². The average Bonchev–Trinajstić information content (AvgIpc) is 3.48. The summed E-state index contributed by atoms with van der Waals surface area (Å²) < 4.78 is 2.02. The van der Waals surface area contributed by atoms with Gasteiger partial charge in [-0.3, -0.25) is 9.48 Å². The van der Waals surface area contributed by atoms with Gasteiger partial charge in [-0.25, -0.2) is 4.79 Å². The van der Waals surface area contributed by atoms with Crippen LogP contribution in [0.2, 0.25) is 0 Å². The van der Waals surface area contributed by atoms with Crippen LogP contribution in [0, 0.1) is 0 Å². The summed E-state index contributed by atoms with van der Waals surface area (Å²) in [6.07, 6.45) is 9.29. The first-order chi connectivity index (χ1) is 14.2. The van der Waals surface area contributed by atoms with E-state index in [9.17, 15) is 9.59 Å². The second kappa shape index (κ2) is 9.11. The molecule has 2 fully saturated rings. The summed E-state index contributed by atoms with van der Waals surface area (Å²) in [5.41, 5.74) is 2.51. The van der Waals surface area contributed by atoms with Crippen LogP contribution in [0.15, 0.2) is 36.5 Å². The predicted octanol–water partition coefficient (Wildman–Crippen LogP) is 3.48. The van der Waals surface area contributed by atoms with Gasteiger partial charge in [0.25, 0.3) is 0 Å². The summed E-state index contributed by atoms with van der Waals surface area (Å²) in [7, 11) is 0. The minimum Gasteiger partial charge on any atom is -0.352 e. The normalized spacial score (nSPS) is 16.9. The molecule has 7 heteroatoms. The van der Waals surface area contributed by atoms with Crippen molar-refractivity contribution in [3.05, 3.63) is 47.8 Å². The van der Waals surface area contributed by atoms with Crippen LogP contribution in [0.4, 0.5) is 10.5 Å². The summed E-state index contributed by atoms with van der Waals surface area (Å²) in [4.78, 5) is 26.4. The Morgan fingerprint density at radius 1 is 1.07 bits per heavy atom. The van der Waals surface area contributed by atoms with Crippen molar-refractivity contribution in [1.82, 2.24) is 20.0 Å². The molecule has 0 bridgehead atoms. The number of carbonyl (C=O) groups is 2. The average molecular weight is 396 g/mol. The molecule has 29 heavy (non-hydrogen) atoms. The second-order valence-corrected chi connectivity index (χ2v) is 8.00. The number of carbonyl (C=O) groups excluding carboxylic acids is 2. The van der Waals surface area contributed by atoms with Gasteiger partial charge in [-0.2, -0.15) is 5.10 Å². The number of anilines is 1. The fourth-order valence-corrected chi connectivity index (χ4v) is 4.15. The Morgan fingerprint density at radius 2 is 1.86 bits per heavy atom. The minimum absolute atomic E-state index is 0.0480. The molecule has 1 aliphatic heterocycles. The Bertz CT molecular complexity index is 850. The first-order valence-corrected chi connectivity index (χ1v) is 10.6. The first-order valence-electron chi connectivity index (χ1n) is 10.6. The number of rotatable bonds is 6. The maximum absolute atomic E-state index is 12.3. The Morgan fingerprint density at radius 3 is 2.66 bits per heavy atom. The highest BCUT2D eigenvalue weighted by molar-refractivity contribution is 5.89. The molecular weight excluding hydrogens is 366 g/mol. The molecule has 3 amide bonds. The first kappa shape index (κ1) is 19.5. The number of aromatic nitrogens is 2. The fourth-order valence-electron chi connectivity index (χ4n) is 4.15. The van der Waals surface area contributed by atoms with Gasteiger partial charge < -0.3 is 15.5 Å². The summed E-state index contributed by atoms with van der Waals surface area (Å²) in [6, 6.07) is 9.99. The van der Waals surface area contributed by atoms with E-state index in [0.29, 0.717) is 12.6 Å². The Balaban J connectivity index is 1.26. The van der Waals surface area contributed by atoms with Crippen LogP contribution in [-0.2, 0) is 17.8 Å². The number of hydrogen-bond acceptors (Lipinski definition) is 3. The molecule has 0 atom stereocenters. The highest BCUT2D eigenvalue weighted by Gasteiger charge is 2.19. The lowest BCUT2D eigenvalue weighted by Gasteiger charge is -2.16. The Kier molecular flexibility index (Phi) is 6.12. The molecule has 1 aromatic heterocycles. The smallest absolute Gasteiger partial charge is 0.321 e. The van der Waals surface area contributed by atoms with Crippen LogP contribution < -0.4 is 10.6 Å². The molecule has 2 N–H and O–H groups in total. The van der Waals surface area contributed by atoms with E-state index in [4.69, 9.17) is 0 Å². The maximum Gasteiger partial charge on any atom is 0.321 e. The van der Waals surface area contributed by atoms with Crippen molar-refractivity contribution < 1.29 is 9.59 Å². The number of benzene rings is 1. The van der Waals surface area contributed by atoms with E-state index in [0.717, 1.165) is 42.9 Å². The third-order valence-electron chi connectivity index (χ3n) is 5.77. The van der Waals surface area contributed by atoms with E-state index in [1.807, 2.05) is 46.1 Å². The standard InChI is InChI=1S/C22H29N5O2/c28-21(15-19-10-13-27(25-19)20-8-1-2-9-20)23-16-17-6-5-7-18(14-17)24-22(29)26-11-3-4-12-26/h5-7,10,13-14,20H,1-4,8-9,11-12,15-16H2,(H,23,28)(H,24,29). The van der Waals surface area contributed by atoms with E-state index >= 15 is 0 Å². The molecule has 0 radical (unpaired) electrons. The SMILES string of the molecule is O=C(Cc1ccn(C2CCCC2)n1)NCc1cccc(NC(=O)N2CCCC2)c1. The monoisotopic (exact) mass is 395 g/mol. The topological polar surface area (TPSA) is 79.3 Å². The molecule has 2 aromatic rings. The molecule has 7 nitrogen and oxygen atoms in total. The molecule has 1 aromatic carbocycles. The van der Waals surface area contributed by atoms with E-state index in [1.54, 1.807) is 0 Å². The van der Waals surface area contributed by atoms with Crippen LogP contribution in [0.5, 0.6) is 0 Å². The largest absolute Gasteiger partial charge is 0.352 e. The summed E-state index contributed by atoms with van der Waals surface area (Å²) >= 11 is 0. The van der Waals surface area contributed by atoms with Gasteiger partial charge in [0.1, 0.15) is 0 Å². The van der Waals surface area contributed by atoms with Gasteiger partial charge >= 0.3 is 6.03 Å². The molecule has 1 saturated heterocycles. The van der Waals surface area contributed by atoms with E-state index in [1.165, 1.54) is 25.7 Å². The third-order valence-corrected chi connectivity index (χ3v) is 5.77. The molecule has 2 heterocycles. The van der Waals surface area contributed by atoms with Gasteiger partial charge in [-0.05, 0) is 49.4 Å².